The summed E-state index contributed by atoms with van der Waals surface area (Å²) in [6, 6.07) is 5.61. The Bertz CT molecular complexity index is 635. The summed E-state index contributed by atoms with van der Waals surface area (Å²) < 4.78 is 0. The Morgan fingerprint density at radius 1 is 1.25 bits per heavy atom. The Morgan fingerprint density at radius 2 is 1.92 bits per heavy atom. The highest BCUT2D eigenvalue weighted by Gasteiger charge is 2.27. The third-order valence-electron chi connectivity index (χ3n) is 4.56. The van der Waals surface area contributed by atoms with Gasteiger partial charge in [0.15, 0.2) is 0 Å². The lowest BCUT2D eigenvalue weighted by atomic mass is 10.1. The summed E-state index contributed by atoms with van der Waals surface area (Å²) in [4.78, 5) is 27.0. The summed E-state index contributed by atoms with van der Waals surface area (Å²) in [5.74, 6) is 0.208. The molecule has 24 heavy (non-hydrogen) atoms. The number of hydrogen-bond acceptors (Lipinski definition) is 5. The van der Waals surface area contributed by atoms with Crippen LogP contribution >= 0.6 is 0 Å². The number of nitrogens with zero attached hydrogens (tertiary/aromatic N) is 3. The predicted molar refractivity (Wildman–Crippen MR) is 93.4 cm³/mol. The summed E-state index contributed by atoms with van der Waals surface area (Å²) >= 11 is 0. The molecule has 1 amide bonds. The van der Waals surface area contributed by atoms with E-state index in [1.54, 1.807) is 12.1 Å². The minimum absolute atomic E-state index is 0.0188. The second-order valence-corrected chi connectivity index (χ2v) is 6.84. The molecule has 7 heteroatoms. The Hall–Kier alpha value is -2.31. The lowest BCUT2D eigenvalue weighted by molar-refractivity contribution is -0.384. The molecule has 0 aromatic heterocycles. The molecule has 0 bridgehead atoms. The molecule has 1 heterocycles. The molecule has 0 spiro atoms. The molecular weight excluding hydrogens is 308 g/mol. The van der Waals surface area contributed by atoms with E-state index in [0.717, 1.165) is 31.6 Å². The van der Waals surface area contributed by atoms with E-state index in [1.807, 2.05) is 24.8 Å². The normalized spacial score (nSPS) is 18.0. The van der Waals surface area contributed by atoms with Crippen LogP contribution < -0.4 is 10.2 Å². The van der Waals surface area contributed by atoms with Crippen molar-refractivity contribution in [2.75, 3.05) is 36.4 Å². The van der Waals surface area contributed by atoms with Crippen molar-refractivity contribution < 1.29 is 9.72 Å². The van der Waals surface area contributed by atoms with Gasteiger partial charge in [-0.05, 0) is 25.0 Å². The zero-order valence-electron chi connectivity index (χ0n) is 14.2. The lowest BCUT2D eigenvalue weighted by Gasteiger charge is -2.37. The van der Waals surface area contributed by atoms with Gasteiger partial charge in [-0.1, -0.05) is 13.8 Å². The highest BCUT2D eigenvalue weighted by Crippen LogP contribution is 2.34. The van der Waals surface area contributed by atoms with Crippen molar-refractivity contribution in [2.45, 2.75) is 32.7 Å². The van der Waals surface area contributed by atoms with Gasteiger partial charge in [0, 0.05) is 49.9 Å². The highest BCUT2D eigenvalue weighted by molar-refractivity contribution is 5.78. The van der Waals surface area contributed by atoms with Crippen LogP contribution in [0, 0.1) is 16.0 Å². The van der Waals surface area contributed by atoms with Crippen molar-refractivity contribution >= 4 is 23.0 Å². The third-order valence-corrected chi connectivity index (χ3v) is 4.56. The summed E-state index contributed by atoms with van der Waals surface area (Å²) in [6.07, 6.45) is 2.13. The summed E-state index contributed by atoms with van der Waals surface area (Å²) in [6.45, 7) is 6.72. The van der Waals surface area contributed by atoms with Gasteiger partial charge in [0.2, 0.25) is 5.91 Å². The molecule has 1 N–H and O–H groups in total. The molecule has 1 aliphatic heterocycles. The molecule has 2 aliphatic rings. The predicted octanol–water partition coefficient (Wildman–Crippen LogP) is 2.47. The monoisotopic (exact) mass is 332 g/mol. The number of piperazine rings is 1. The molecule has 0 unspecified atom stereocenters. The fourth-order valence-electron chi connectivity index (χ4n) is 2.99. The highest BCUT2D eigenvalue weighted by atomic mass is 16.6. The van der Waals surface area contributed by atoms with Crippen molar-refractivity contribution in [3.05, 3.63) is 28.3 Å². The molecule has 0 atom stereocenters. The van der Waals surface area contributed by atoms with Crippen molar-refractivity contribution in [1.82, 2.24) is 4.90 Å². The zero-order chi connectivity index (χ0) is 17.3. The number of carbonyl (C=O) groups excluding carboxylic acids is 1. The quantitative estimate of drug-likeness (QED) is 0.662. The molecule has 1 aliphatic carbocycles. The Kier molecular flexibility index (Phi) is 4.59. The molecule has 1 aromatic rings. The third kappa shape index (κ3) is 3.60. The van der Waals surface area contributed by atoms with E-state index in [1.165, 1.54) is 0 Å². The van der Waals surface area contributed by atoms with Crippen LogP contribution in [-0.2, 0) is 4.79 Å². The average Bonchev–Trinajstić information content (AvgIpc) is 3.38. The molecule has 130 valence electrons. The van der Waals surface area contributed by atoms with E-state index in [0.29, 0.717) is 24.8 Å². The average molecular weight is 332 g/mol. The number of carbonyl (C=O) groups is 1. The largest absolute Gasteiger partial charge is 0.377 e. The summed E-state index contributed by atoms with van der Waals surface area (Å²) in [7, 11) is 0. The number of rotatable bonds is 5. The first-order chi connectivity index (χ1) is 11.5. The van der Waals surface area contributed by atoms with E-state index in [4.69, 9.17) is 0 Å². The van der Waals surface area contributed by atoms with E-state index < -0.39 is 0 Å². The van der Waals surface area contributed by atoms with Gasteiger partial charge in [-0.3, -0.25) is 14.9 Å². The summed E-state index contributed by atoms with van der Waals surface area (Å²) in [5.41, 5.74) is 1.69. The van der Waals surface area contributed by atoms with Gasteiger partial charge in [-0.25, -0.2) is 0 Å². The van der Waals surface area contributed by atoms with Gasteiger partial charge in [-0.2, -0.15) is 0 Å². The van der Waals surface area contributed by atoms with Crippen LogP contribution in [0.25, 0.3) is 0 Å². The number of amides is 1. The fraction of sp³-hybridized carbons (Fsp3) is 0.588. The fourth-order valence-corrected chi connectivity index (χ4v) is 2.99. The van der Waals surface area contributed by atoms with E-state index in [-0.39, 0.29) is 22.4 Å². The van der Waals surface area contributed by atoms with Crippen LogP contribution in [0.2, 0.25) is 0 Å². The Morgan fingerprint density at radius 3 is 2.46 bits per heavy atom. The maximum absolute atomic E-state index is 12.1. The molecule has 2 fully saturated rings. The van der Waals surface area contributed by atoms with Gasteiger partial charge < -0.3 is 15.1 Å². The molecule has 3 rings (SSSR count). The standard InChI is InChI=1S/C17H24N4O3/c1-12(2)17(22)20-9-7-19(8-10-20)14-5-6-16(21(23)24)15(11-14)18-13-3-4-13/h5-6,11-13,18H,3-4,7-10H2,1-2H3. The van der Waals surface area contributed by atoms with Crippen molar-refractivity contribution in [2.24, 2.45) is 5.92 Å². The first kappa shape index (κ1) is 16.5. The van der Waals surface area contributed by atoms with E-state index in [2.05, 4.69) is 10.2 Å². The number of nitro groups is 1. The van der Waals surface area contributed by atoms with E-state index in [9.17, 15) is 14.9 Å². The SMILES string of the molecule is CC(C)C(=O)N1CCN(c2ccc([N+](=O)[O-])c(NC3CC3)c2)CC1. The second-order valence-electron chi connectivity index (χ2n) is 6.84. The Balaban J connectivity index is 1.71. The van der Waals surface area contributed by atoms with Gasteiger partial charge in [0.05, 0.1) is 4.92 Å². The number of nitro benzene ring substituents is 1. The zero-order valence-corrected chi connectivity index (χ0v) is 14.2. The lowest BCUT2D eigenvalue weighted by Crippen LogP contribution is -2.49. The maximum Gasteiger partial charge on any atom is 0.292 e. The van der Waals surface area contributed by atoms with E-state index >= 15 is 0 Å². The molecule has 0 radical (unpaired) electrons. The van der Waals surface area contributed by atoms with Crippen LogP contribution in [0.15, 0.2) is 18.2 Å². The minimum Gasteiger partial charge on any atom is -0.377 e. The van der Waals surface area contributed by atoms with Gasteiger partial charge in [0.25, 0.3) is 5.69 Å². The molecule has 1 saturated carbocycles. The van der Waals surface area contributed by atoms with Gasteiger partial charge >= 0.3 is 0 Å². The second kappa shape index (κ2) is 6.67. The topological polar surface area (TPSA) is 78.7 Å². The molecular formula is C17H24N4O3. The number of hydrogen-bond donors (Lipinski definition) is 1. The van der Waals surface area contributed by atoms with Crippen molar-refractivity contribution in [3.8, 4) is 0 Å². The van der Waals surface area contributed by atoms with Crippen molar-refractivity contribution in [3.63, 3.8) is 0 Å². The molecule has 7 nitrogen and oxygen atoms in total. The summed E-state index contributed by atoms with van der Waals surface area (Å²) in [5, 5.41) is 14.5. The minimum atomic E-state index is -0.340. The van der Waals surface area contributed by atoms with Gasteiger partial charge in [0.1, 0.15) is 5.69 Å². The van der Waals surface area contributed by atoms with Crippen molar-refractivity contribution in [1.29, 1.82) is 0 Å². The van der Waals surface area contributed by atoms with Crippen LogP contribution in [0.5, 0.6) is 0 Å². The number of benzene rings is 1. The smallest absolute Gasteiger partial charge is 0.292 e. The number of nitrogens with one attached hydrogen (secondary N) is 1. The first-order valence-corrected chi connectivity index (χ1v) is 8.54. The number of anilines is 2. The van der Waals surface area contributed by atoms with Crippen LogP contribution in [0.1, 0.15) is 26.7 Å². The molecule has 1 aromatic carbocycles. The van der Waals surface area contributed by atoms with Gasteiger partial charge in [-0.15, -0.1) is 0 Å². The maximum atomic E-state index is 12.1. The van der Waals surface area contributed by atoms with Crippen LogP contribution in [-0.4, -0.2) is 48.0 Å². The van der Waals surface area contributed by atoms with Crippen LogP contribution in [0.4, 0.5) is 17.1 Å². The van der Waals surface area contributed by atoms with Crippen LogP contribution in [0.3, 0.4) is 0 Å². The Labute approximate surface area is 141 Å². The first-order valence-electron chi connectivity index (χ1n) is 8.54. The molecule has 1 saturated heterocycles.